The van der Waals surface area contributed by atoms with Gasteiger partial charge in [0.15, 0.2) is 11.4 Å². The van der Waals surface area contributed by atoms with Crippen LogP contribution in [0.3, 0.4) is 0 Å². The summed E-state index contributed by atoms with van der Waals surface area (Å²) < 4.78 is 21.5. The van der Waals surface area contributed by atoms with Gasteiger partial charge in [-0.25, -0.2) is 9.78 Å². The van der Waals surface area contributed by atoms with Crippen molar-refractivity contribution in [3.8, 4) is 17.2 Å². The van der Waals surface area contributed by atoms with Crippen molar-refractivity contribution in [3.63, 3.8) is 0 Å². The third-order valence-electron chi connectivity index (χ3n) is 6.84. The number of nitrogens with zero attached hydrogens (tertiary/aromatic N) is 4. The maximum absolute atomic E-state index is 14.0. The summed E-state index contributed by atoms with van der Waals surface area (Å²) >= 11 is 6.52. The summed E-state index contributed by atoms with van der Waals surface area (Å²) in [6, 6.07) is 17.4. The minimum absolute atomic E-state index is 0. The fraction of sp³-hybridized carbons (Fsp3) is 0.395. The summed E-state index contributed by atoms with van der Waals surface area (Å²) in [5.74, 6) is 0.397. The maximum Gasteiger partial charge on any atom is 0.347 e. The molecular weight excluding hydrogens is 676 g/mol. The van der Waals surface area contributed by atoms with Gasteiger partial charge in [-0.15, -0.1) is 0 Å². The molecule has 0 aliphatic heterocycles. The largest absolute Gasteiger partial charge is 0.497 e. The third kappa shape index (κ3) is 12.4. The first kappa shape index (κ1) is 46.1. The topological polar surface area (TPSA) is 135 Å². The molecule has 12 nitrogen and oxygen atoms in total. The van der Waals surface area contributed by atoms with E-state index in [1.165, 1.54) is 19.2 Å². The van der Waals surface area contributed by atoms with E-state index in [0.717, 1.165) is 29.1 Å². The standard InChI is InChI=1S/C31H31ClN4O8.3C2H6.CH4/c1-41-14-13-22-15-25(32)28(26(16-22)36(39)40)35-19-33-29(27(30(35)37)31(38)44-4)34(17-20-5-9-23(42-2)10-6-20)18-21-7-11-24(43-3)12-8-21;3*1-2;/h5-12,15-16,19H,13-14,17-18H2,1-4H3;3*1-2H3;1H4. The number of benzene rings is 3. The molecule has 13 heteroatoms. The van der Waals surface area contributed by atoms with Gasteiger partial charge in [-0.05, 0) is 53.4 Å². The number of hydrogen-bond acceptors (Lipinski definition) is 10. The van der Waals surface area contributed by atoms with Crippen LogP contribution in [0.5, 0.6) is 11.5 Å². The number of nitro benzene ring substituents is 1. The van der Waals surface area contributed by atoms with Crippen molar-refractivity contribution < 1.29 is 28.7 Å². The first-order valence-corrected chi connectivity index (χ1v) is 16.7. The Kier molecular flexibility index (Phi) is 21.9. The Morgan fingerprint density at radius 2 is 1.33 bits per heavy atom. The number of carbonyl (C=O) groups is 1. The number of halogens is 1. The zero-order chi connectivity index (χ0) is 37.8. The summed E-state index contributed by atoms with van der Waals surface area (Å²) in [6.45, 7) is 12.8. The van der Waals surface area contributed by atoms with Gasteiger partial charge in [0.05, 0.1) is 37.9 Å². The summed E-state index contributed by atoms with van der Waals surface area (Å²) in [6.07, 6.45) is 1.49. The zero-order valence-corrected chi connectivity index (χ0v) is 31.4. The van der Waals surface area contributed by atoms with Crippen LogP contribution in [-0.2, 0) is 29.0 Å². The van der Waals surface area contributed by atoms with Gasteiger partial charge in [-0.1, -0.05) is 84.8 Å². The molecule has 0 spiro atoms. The van der Waals surface area contributed by atoms with Gasteiger partial charge in [0.1, 0.15) is 23.5 Å². The lowest BCUT2D eigenvalue weighted by molar-refractivity contribution is -0.384. The summed E-state index contributed by atoms with van der Waals surface area (Å²) in [5.41, 5.74) is 0.284. The van der Waals surface area contributed by atoms with E-state index in [9.17, 15) is 19.7 Å². The van der Waals surface area contributed by atoms with Gasteiger partial charge >= 0.3 is 5.97 Å². The van der Waals surface area contributed by atoms with E-state index in [0.29, 0.717) is 30.1 Å². The second-order valence-electron chi connectivity index (χ2n) is 9.61. The van der Waals surface area contributed by atoms with Crippen LogP contribution < -0.4 is 19.9 Å². The van der Waals surface area contributed by atoms with Crippen LogP contribution in [0, 0.1) is 10.1 Å². The quantitative estimate of drug-likeness (QED) is 0.0747. The lowest BCUT2D eigenvalue weighted by Crippen LogP contribution is -2.33. The van der Waals surface area contributed by atoms with Crippen LogP contribution in [0.4, 0.5) is 11.5 Å². The molecule has 0 bridgehead atoms. The highest BCUT2D eigenvalue weighted by molar-refractivity contribution is 6.33. The van der Waals surface area contributed by atoms with Crippen molar-refractivity contribution in [3.05, 3.63) is 115 Å². The normalized spacial score (nSPS) is 9.63. The Labute approximate surface area is 307 Å². The number of ether oxygens (including phenoxy) is 4. The van der Waals surface area contributed by atoms with Gasteiger partial charge in [-0.2, -0.15) is 0 Å². The van der Waals surface area contributed by atoms with E-state index in [1.54, 1.807) is 43.4 Å². The van der Waals surface area contributed by atoms with Crippen LogP contribution in [0.1, 0.15) is 76.0 Å². The molecule has 0 unspecified atom stereocenters. The van der Waals surface area contributed by atoms with Crippen LogP contribution in [-0.4, -0.2) is 55.5 Å². The van der Waals surface area contributed by atoms with Crippen molar-refractivity contribution in [2.45, 2.75) is 68.5 Å². The summed E-state index contributed by atoms with van der Waals surface area (Å²) in [7, 11) is 5.78. The average Bonchev–Trinajstić information content (AvgIpc) is 3.16. The Balaban J connectivity index is 0.00000339. The number of hydrogen-bond donors (Lipinski definition) is 0. The van der Waals surface area contributed by atoms with Crippen LogP contribution >= 0.6 is 11.6 Å². The Morgan fingerprint density at radius 1 is 0.843 bits per heavy atom. The molecule has 0 radical (unpaired) electrons. The molecule has 280 valence electrons. The van der Waals surface area contributed by atoms with Crippen molar-refractivity contribution >= 4 is 29.1 Å². The van der Waals surface area contributed by atoms with E-state index < -0.39 is 27.7 Å². The molecule has 3 aromatic carbocycles. The lowest BCUT2D eigenvalue weighted by atomic mass is 10.1. The van der Waals surface area contributed by atoms with Gasteiger partial charge in [0.25, 0.3) is 11.2 Å². The molecule has 4 rings (SSSR count). The van der Waals surface area contributed by atoms with Crippen LogP contribution in [0.25, 0.3) is 5.69 Å². The lowest BCUT2D eigenvalue weighted by Gasteiger charge is -2.26. The number of methoxy groups -OCH3 is 4. The molecule has 0 aliphatic carbocycles. The highest BCUT2D eigenvalue weighted by Gasteiger charge is 2.29. The van der Waals surface area contributed by atoms with Crippen molar-refractivity contribution in [1.82, 2.24) is 9.55 Å². The van der Waals surface area contributed by atoms with Crippen molar-refractivity contribution in [2.24, 2.45) is 0 Å². The van der Waals surface area contributed by atoms with Gasteiger partial charge < -0.3 is 23.8 Å². The molecule has 4 aromatic rings. The number of nitro groups is 1. The molecule has 0 aliphatic rings. The summed E-state index contributed by atoms with van der Waals surface area (Å²) in [5, 5.41) is 12.0. The van der Waals surface area contributed by atoms with Crippen molar-refractivity contribution in [2.75, 3.05) is 39.9 Å². The maximum atomic E-state index is 14.0. The number of anilines is 1. The predicted molar refractivity (Wildman–Crippen MR) is 205 cm³/mol. The van der Waals surface area contributed by atoms with E-state index in [-0.39, 0.29) is 37.0 Å². The highest BCUT2D eigenvalue weighted by Crippen LogP contribution is 2.32. The Bertz CT molecular complexity index is 1640. The van der Waals surface area contributed by atoms with Gasteiger partial charge in [0, 0.05) is 26.3 Å². The number of esters is 1. The average molecular weight is 729 g/mol. The van der Waals surface area contributed by atoms with E-state index in [2.05, 4.69) is 4.98 Å². The molecule has 0 saturated carbocycles. The molecule has 51 heavy (non-hydrogen) atoms. The van der Waals surface area contributed by atoms with Crippen LogP contribution in [0.15, 0.2) is 71.8 Å². The molecule has 1 heterocycles. The first-order valence-electron chi connectivity index (χ1n) is 16.4. The molecular formula is C38H53ClN4O8. The fourth-order valence-electron chi connectivity index (χ4n) is 4.61. The minimum atomic E-state index is -0.961. The molecule has 0 saturated heterocycles. The zero-order valence-electron chi connectivity index (χ0n) is 30.6. The Hall–Kier alpha value is -4.94. The molecule has 0 fully saturated rings. The number of carbonyl (C=O) groups excluding carboxylic acids is 1. The van der Waals surface area contributed by atoms with Gasteiger partial charge in [-0.3, -0.25) is 19.5 Å². The van der Waals surface area contributed by atoms with Gasteiger partial charge in [0.2, 0.25) is 0 Å². The Morgan fingerprint density at radius 3 is 1.75 bits per heavy atom. The van der Waals surface area contributed by atoms with Crippen molar-refractivity contribution in [1.29, 1.82) is 0 Å². The van der Waals surface area contributed by atoms with Crippen LogP contribution in [0.2, 0.25) is 5.02 Å². The SMILES string of the molecule is C.CC.CC.CC.COCCc1cc(Cl)c(-n2cnc(N(Cc3ccc(OC)cc3)Cc3ccc(OC)cc3)c(C(=O)OC)c2=O)c([N+](=O)[O-])c1. The van der Waals surface area contributed by atoms with E-state index in [4.69, 9.17) is 30.5 Å². The minimum Gasteiger partial charge on any atom is -0.497 e. The molecule has 0 N–H and O–H groups in total. The first-order chi connectivity index (χ1) is 24.2. The second-order valence-corrected chi connectivity index (χ2v) is 10.0. The molecule has 0 amide bonds. The highest BCUT2D eigenvalue weighted by atomic mass is 35.5. The summed E-state index contributed by atoms with van der Waals surface area (Å²) in [4.78, 5) is 44.9. The second kappa shape index (κ2) is 24.2. The smallest absolute Gasteiger partial charge is 0.347 e. The van der Waals surface area contributed by atoms with E-state index in [1.807, 2.05) is 65.8 Å². The molecule has 1 aromatic heterocycles. The van der Waals surface area contributed by atoms with E-state index >= 15 is 0 Å². The molecule has 0 atom stereocenters. The fourth-order valence-corrected chi connectivity index (χ4v) is 4.94. The third-order valence-corrected chi connectivity index (χ3v) is 7.13. The predicted octanol–water partition coefficient (Wildman–Crippen LogP) is 8.71. The number of rotatable bonds is 13. The monoisotopic (exact) mass is 728 g/mol. The number of aromatic nitrogens is 2.